The molecule has 0 aromatic heterocycles. The minimum absolute atomic E-state index is 0.119. The fourth-order valence-electron chi connectivity index (χ4n) is 3.64. The lowest BCUT2D eigenvalue weighted by molar-refractivity contribution is -0.0172. The van der Waals surface area contributed by atoms with Crippen LogP contribution in [0.15, 0.2) is 36.4 Å². The van der Waals surface area contributed by atoms with Crippen LogP contribution >= 0.6 is 0 Å². The van der Waals surface area contributed by atoms with Crippen molar-refractivity contribution in [3.63, 3.8) is 0 Å². The molecule has 0 radical (unpaired) electrons. The van der Waals surface area contributed by atoms with Gasteiger partial charge >= 0.3 is 6.03 Å². The van der Waals surface area contributed by atoms with E-state index in [0.717, 1.165) is 0 Å². The number of ether oxygens (including phenoxy) is 3. The number of amides is 3. The van der Waals surface area contributed by atoms with Crippen LogP contribution in [0.3, 0.4) is 0 Å². The number of halogens is 1. The third kappa shape index (κ3) is 5.12. The molecule has 1 saturated heterocycles. The van der Waals surface area contributed by atoms with Gasteiger partial charge in [0.1, 0.15) is 11.6 Å². The Bertz CT molecular complexity index is 962. The molecule has 3 amide bonds. The fourth-order valence-corrected chi connectivity index (χ4v) is 3.64. The second kappa shape index (κ2) is 9.76. The van der Waals surface area contributed by atoms with Crippen molar-refractivity contribution in [2.75, 3.05) is 45.0 Å². The number of fused-ring (bicyclic) bond motifs is 1. The van der Waals surface area contributed by atoms with Crippen LogP contribution in [0.2, 0.25) is 0 Å². The van der Waals surface area contributed by atoms with Crippen molar-refractivity contribution in [1.29, 1.82) is 0 Å². The number of anilines is 1. The number of morpholine rings is 1. The number of urea groups is 1. The molecule has 2 N–H and O–H groups in total. The van der Waals surface area contributed by atoms with Gasteiger partial charge in [0.2, 0.25) is 0 Å². The van der Waals surface area contributed by atoms with Crippen molar-refractivity contribution in [3.8, 4) is 5.75 Å². The number of para-hydroxylation sites is 1. The van der Waals surface area contributed by atoms with Crippen LogP contribution in [0, 0.1) is 5.82 Å². The van der Waals surface area contributed by atoms with Gasteiger partial charge in [-0.1, -0.05) is 12.1 Å². The average Bonchev–Trinajstić information content (AvgIpc) is 2.79. The molecule has 0 saturated carbocycles. The fraction of sp³-hybridized carbons (Fsp3) is 0.364. The topological polar surface area (TPSA) is 89.1 Å². The predicted octanol–water partition coefficient (Wildman–Crippen LogP) is 2.53. The molecular formula is C22H24FN3O5. The van der Waals surface area contributed by atoms with Crippen LogP contribution < -0.4 is 15.4 Å². The summed E-state index contributed by atoms with van der Waals surface area (Å²) in [6.07, 6.45) is 0.391. The number of benzene rings is 2. The summed E-state index contributed by atoms with van der Waals surface area (Å²) in [5.41, 5.74) is 2.18. The summed E-state index contributed by atoms with van der Waals surface area (Å²) in [4.78, 5) is 26.9. The monoisotopic (exact) mass is 429 g/mol. The van der Waals surface area contributed by atoms with Crippen LogP contribution in [0.25, 0.3) is 0 Å². The minimum Gasteiger partial charge on any atom is -0.467 e. The first kappa shape index (κ1) is 21.1. The molecule has 4 rings (SSSR count). The molecule has 0 unspecified atom stereocenters. The number of hydrogen-bond acceptors (Lipinski definition) is 5. The van der Waals surface area contributed by atoms with E-state index in [9.17, 15) is 14.0 Å². The van der Waals surface area contributed by atoms with E-state index in [4.69, 9.17) is 14.2 Å². The maximum atomic E-state index is 13.8. The van der Waals surface area contributed by atoms with Gasteiger partial charge < -0.3 is 29.7 Å². The number of nitrogens with one attached hydrogen (secondary N) is 2. The Morgan fingerprint density at radius 2 is 1.90 bits per heavy atom. The van der Waals surface area contributed by atoms with Crippen LogP contribution in [0.5, 0.6) is 5.75 Å². The molecule has 2 aromatic rings. The van der Waals surface area contributed by atoms with E-state index in [0.29, 0.717) is 67.5 Å². The van der Waals surface area contributed by atoms with Gasteiger partial charge in [-0.25, -0.2) is 9.18 Å². The molecule has 2 heterocycles. The van der Waals surface area contributed by atoms with Crippen molar-refractivity contribution in [2.24, 2.45) is 0 Å². The smallest absolute Gasteiger partial charge is 0.319 e. The van der Waals surface area contributed by atoms with Crippen molar-refractivity contribution in [3.05, 3.63) is 58.9 Å². The molecule has 2 aliphatic rings. The second-order valence-electron chi connectivity index (χ2n) is 7.24. The number of hydrogen-bond donors (Lipinski definition) is 2. The van der Waals surface area contributed by atoms with Crippen LogP contribution in [0.1, 0.15) is 21.5 Å². The molecule has 0 spiro atoms. The van der Waals surface area contributed by atoms with Gasteiger partial charge in [0.05, 0.1) is 31.1 Å². The first-order valence-electron chi connectivity index (χ1n) is 10.1. The highest BCUT2D eigenvalue weighted by Crippen LogP contribution is 2.29. The zero-order valence-corrected chi connectivity index (χ0v) is 17.0. The van der Waals surface area contributed by atoms with E-state index >= 15 is 0 Å². The van der Waals surface area contributed by atoms with Gasteiger partial charge in [0.25, 0.3) is 5.91 Å². The Labute approximate surface area is 179 Å². The van der Waals surface area contributed by atoms with Crippen molar-refractivity contribution in [1.82, 2.24) is 10.2 Å². The van der Waals surface area contributed by atoms with Crippen molar-refractivity contribution in [2.45, 2.75) is 13.0 Å². The van der Waals surface area contributed by atoms with E-state index in [1.807, 2.05) is 0 Å². The van der Waals surface area contributed by atoms with Gasteiger partial charge in [-0.05, 0) is 36.2 Å². The molecule has 9 heteroatoms. The molecule has 2 aromatic carbocycles. The molecular weight excluding hydrogens is 405 g/mol. The second-order valence-corrected chi connectivity index (χ2v) is 7.24. The molecule has 1 fully saturated rings. The number of rotatable bonds is 5. The summed E-state index contributed by atoms with van der Waals surface area (Å²) in [6.45, 7) is 2.72. The summed E-state index contributed by atoms with van der Waals surface area (Å²) < 4.78 is 29.8. The zero-order valence-electron chi connectivity index (χ0n) is 17.0. The third-order valence-electron chi connectivity index (χ3n) is 5.14. The van der Waals surface area contributed by atoms with Crippen molar-refractivity contribution < 1.29 is 28.2 Å². The lowest BCUT2D eigenvalue weighted by Crippen LogP contribution is -2.41. The van der Waals surface area contributed by atoms with Crippen molar-refractivity contribution >= 4 is 17.6 Å². The Kier molecular flexibility index (Phi) is 6.63. The van der Waals surface area contributed by atoms with Crippen LogP contribution in [-0.2, 0) is 22.5 Å². The zero-order chi connectivity index (χ0) is 21.6. The molecule has 164 valence electrons. The van der Waals surface area contributed by atoms with Gasteiger partial charge in [-0.2, -0.15) is 0 Å². The average molecular weight is 429 g/mol. The van der Waals surface area contributed by atoms with E-state index in [1.54, 1.807) is 29.2 Å². The van der Waals surface area contributed by atoms with Gasteiger partial charge in [-0.3, -0.25) is 4.79 Å². The first-order valence-corrected chi connectivity index (χ1v) is 10.1. The summed E-state index contributed by atoms with van der Waals surface area (Å²) >= 11 is 0. The highest BCUT2D eigenvalue weighted by atomic mass is 19.1. The lowest BCUT2D eigenvalue weighted by atomic mass is 10.1. The summed E-state index contributed by atoms with van der Waals surface area (Å²) in [5.74, 6) is 0.0871. The van der Waals surface area contributed by atoms with E-state index in [-0.39, 0.29) is 25.1 Å². The summed E-state index contributed by atoms with van der Waals surface area (Å²) in [7, 11) is 0. The molecule has 2 aliphatic heterocycles. The molecule has 0 bridgehead atoms. The lowest BCUT2D eigenvalue weighted by Gasteiger charge is -2.27. The Balaban J connectivity index is 1.36. The molecule has 0 atom stereocenters. The SMILES string of the molecule is O=C(NCCc1cc(F)cc2c1OCOC2)Nc1ccccc1C(=O)N1CCOCC1. The highest BCUT2D eigenvalue weighted by Gasteiger charge is 2.22. The maximum absolute atomic E-state index is 13.8. The van der Waals surface area contributed by atoms with Crippen LogP contribution in [0.4, 0.5) is 14.9 Å². The molecule has 31 heavy (non-hydrogen) atoms. The van der Waals surface area contributed by atoms with E-state index in [2.05, 4.69) is 10.6 Å². The Morgan fingerprint density at radius 3 is 2.74 bits per heavy atom. The quantitative estimate of drug-likeness (QED) is 0.763. The summed E-state index contributed by atoms with van der Waals surface area (Å²) in [6, 6.07) is 9.23. The number of carbonyl (C=O) groups excluding carboxylic acids is 2. The maximum Gasteiger partial charge on any atom is 0.319 e. The number of carbonyl (C=O) groups is 2. The minimum atomic E-state index is -0.447. The Hall–Kier alpha value is -3.17. The summed E-state index contributed by atoms with van der Waals surface area (Å²) in [5, 5.41) is 5.48. The predicted molar refractivity (Wildman–Crippen MR) is 111 cm³/mol. The van der Waals surface area contributed by atoms with E-state index < -0.39 is 6.03 Å². The molecule has 0 aliphatic carbocycles. The van der Waals surface area contributed by atoms with E-state index in [1.165, 1.54) is 12.1 Å². The van der Waals surface area contributed by atoms with Gasteiger partial charge in [0, 0.05) is 25.2 Å². The third-order valence-corrected chi connectivity index (χ3v) is 5.14. The van der Waals surface area contributed by atoms with Gasteiger partial charge in [0.15, 0.2) is 6.79 Å². The normalized spacial score (nSPS) is 15.6. The largest absolute Gasteiger partial charge is 0.467 e. The van der Waals surface area contributed by atoms with Gasteiger partial charge in [-0.15, -0.1) is 0 Å². The Morgan fingerprint density at radius 1 is 1.10 bits per heavy atom. The van der Waals surface area contributed by atoms with Crippen LogP contribution in [-0.4, -0.2) is 56.5 Å². The molecule has 8 nitrogen and oxygen atoms in total. The standard InChI is InChI=1S/C22H24FN3O5/c23-17-11-15(20-16(12-17)13-30-14-31-20)5-6-24-22(28)25-19-4-2-1-3-18(19)21(27)26-7-9-29-10-8-26/h1-4,11-12H,5-10,13-14H2,(H2,24,25,28). The number of nitrogens with zero attached hydrogens (tertiary/aromatic N) is 1. The first-order chi connectivity index (χ1) is 15.1. The highest BCUT2D eigenvalue weighted by molar-refractivity contribution is 6.03.